The van der Waals surface area contributed by atoms with Gasteiger partial charge in [-0.25, -0.2) is 0 Å². The van der Waals surface area contributed by atoms with Gasteiger partial charge in [0.05, 0.1) is 0 Å². The Labute approximate surface area is 92.5 Å². The SMILES string of the molecule is CC(C)C.CCCC(C)C.CCCN. The molecule has 0 spiro atoms. The first-order valence-electron chi connectivity index (χ1n) is 6.12. The van der Waals surface area contributed by atoms with Gasteiger partial charge in [0.1, 0.15) is 0 Å². The molecule has 1 nitrogen and oxygen atoms in total. The number of nitrogens with two attached hydrogens (primary N) is 1. The Morgan fingerprint density at radius 2 is 1.14 bits per heavy atom. The lowest BCUT2D eigenvalue weighted by Gasteiger charge is -1.95. The van der Waals surface area contributed by atoms with Gasteiger partial charge in [-0.2, -0.15) is 0 Å². The van der Waals surface area contributed by atoms with E-state index in [2.05, 4.69) is 48.5 Å². The van der Waals surface area contributed by atoms with Crippen LogP contribution in [0.2, 0.25) is 0 Å². The quantitative estimate of drug-likeness (QED) is 0.720. The van der Waals surface area contributed by atoms with E-state index in [1.807, 2.05) is 0 Å². The van der Waals surface area contributed by atoms with Gasteiger partial charge in [0.15, 0.2) is 0 Å². The lowest BCUT2D eigenvalue weighted by atomic mass is 10.1. The van der Waals surface area contributed by atoms with Crippen LogP contribution in [0.1, 0.15) is 67.7 Å². The monoisotopic (exact) mass is 203 g/mol. The zero-order valence-corrected chi connectivity index (χ0v) is 11.6. The Bertz CT molecular complexity index is 62.9. The molecule has 0 saturated carbocycles. The van der Waals surface area contributed by atoms with Crippen LogP contribution < -0.4 is 5.73 Å². The predicted octanol–water partition coefficient (Wildman–Crippen LogP) is 4.46. The van der Waals surface area contributed by atoms with E-state index in [-0.39, 0.29) is 0 Å². The molecule has 0 amide bonds. The molecular weight excluding hydrogens is 170 g/mol. The van der Waals surface area contributed by atoms with Crippen LogP contribution in [0.3, 0.4) is 0 Å². The van der Waals surface area contributed by atoms with Crippen molar-refractivity contribution in [3.8, 4) is 0 Å². The fourth-order valence-corrected chi connectivity index (χ4v) is 0.577. The van der Waals surface area contributed by atoms with Crippen molar-refractivity contribution in [3.63, 3.8) is 0 Å². The number of rotatable bonds is 3. The number of hydrogen-bond donors (Lipinski definition) is 1. The van der Waals surface area contributed by atoms with Crippen LogP contribution in [0.4, 0.5) is 0 Å². The summed E-state index contributed by atoms with van der Waals surface area (Å²) in [7, 11) is 0. The second-order valence-electron chi connectivity index (χ2n) is 4.70. The van der Waals surface area contributed by atoms with Gasteiger partial charge in [-0.1, -0.05) is 61.3 Å². The molecule has 0 aromatic heterocycles. The van der Waals surface area contributed by atoms with Crippen LogP contribution >= 0.6 is 0 Å². The van der Waals surface area contributed by atoms with Crippen molar-refractivity contribution in [2.75, 3.05) is 6.54 Å². The third kappa shape index (κ3) is 91.6. The molecule has 0 aliphatic carbocycles. The molecule has 0 rings (SSSR count). The van der Waals surface area contributed by atoms with Crippen molar-refractivity contribution in [1.82, 2.24) is 0 Å². The van der Waals surface area contributed by atoms with Gasteiger partial charge in [0.2, 0.25) is 0 Å². The van der Waals surface area contributed by atoms with E-state index >= 15 is 0 Å². The molecule has 0 unspecified atom stereocenters. The Hall–Kier alpha value is -0.0400. The molecule has 0 aliphatic heterocycles. The fraction of sp³-hybridized carbons (Fsp3) is 1.00. The molecule has 0 heterocycles. The van der Waals surface area contributed by atoms with Crippen LogP contribution in [0.25, 0.3) is 0 Å². The second kappa shape index (κ2) is 18.7. The maximum absolute atomic E-state index is 5.03. The summed E-state index contributed by atoms with van der Waals surface area (Å²) in [6.07, 6.45) is 3.80. The summed E-state index contributed by atoms with van der Waals surface area (Å²) < 4.78 is 0. The highest BCUT2D eigenvalue weighted by Gasteiger charge is 1.85. The van der Waals surface area contributed by atoms with Crippen LogP contribution in [0.5, 0.6) is 0 Å². The molecule has 0 atom stereocenters. The minimum Gasteiger partial charge on any atom is -0.330 e. The van der Waals surface area contributed by atoms with Gasteiger partial charge >= 0.3 is 0 Å². The van der Waals surface area contributed by atoms with Crippen LogP contribution in [0.15, 0.2) is 0 Å². The fourth-order valence-electron chi connectivity index (χ4n) is 0.577. The van der Waals surface area contributed by atoms with Gasteiger partial charge in [0, 0.05) is 0 Å². The standard InChI is InChI=1S/C6H14.C4H10.C3H9N/c1-4-5-6(2)3;1-4(2)3;1-2-3-4/h6H,4-5H2,1-3H3;4H,1-3H3;2-4H2,1H3. The average molecular weight is 203 g/mol. The average Bonchev–Trinajstić information content (AvgIpc) is 2.03. The summed E-state index contributed by atoms with van der Waals surface area (Å²) in [4.78, 5) is 0. The Morgan fingerprint density at radius 1 is 0.857 bits per heavy atom. The first-order chi connectivity index (χ1) is 6.42. The Balaban J connectivity index is -0.000000135. The Kier molecular flexibility index (Phi) is 26.1. The van der Waals surface area contributed by atoms with E-state index < -0.39 is 0 Å². The minimum absolute atomic E-state index is 0.819. The molecule has 0 aromatic rings. The molecule has 0 radical (unpaired) electrons. The molecule has 1 heteroatoms. The van der Waals surface area contributed by atoms with Crippen molar-refractivity contribution in [2.24, 2.45) is 17.6 Å². The highest BCUT2D eigenvalue weighted by molar-refractivity contribution is 4.38. The largest absolute Gasteiger partial charge is 0.330 e. The van der Waals surface area contributed by atoms with Crippen molar-refractivity contribution in [1.29, 1.82) is 0 Å². The first kappa shape index (κ1) is 19.5. The van der Waals surface area contributed by atoms with Crippen molar-refractivity contribution in [2.45, 2.75) is 67.7 Å². The van der Waals surface area contributed by atoms with E-state index in [0.717, 1.165) is 24.8 Å². The van der Waals surface area contributed by atoms with Crippen LogP contribution in [-0.2, 0) is 0 Å². The molecular formula is C13H33N. The van der Waals surface area contributed by atoms with Crippen molar-refractivity contribution >= 4 is 0 Å². The van der Waals surface area contributed by atoms with Gasteiger partial charge < -0.3 is 5.73 Å². The van der Waals surface area contributed by atoms with Gasteiger partial charge in [-0.05, 0) is 24.8 Å². The van der Waals surface area contributed by atoms with Gasteiger partial charge in [0.25, 0.3) is 0 Å². The topological polar surface area (TPSA) is 26.0 Å². The molecule has 2 N–H and O–H groups in total. The van der Waals surface area contributed by atoms with E-state index in [1.165, 1.54) is 12.8 Å². The van der Waals surface area contributed by atoms with Crippen molar-refractivity contribution in [3.05, 3.63) is 0 Å². The van der Waals surface area contributed by atoms with Crippen molar-refractivity contribution < 1.29 is 0 Å². The molecule has 0 aromatic carbocycles. The summed E-state index contributed by atoms with van der Waals surface area (Å²) in [6, 6.07) is 0. The molecule has 0 bridgehead atoms. The maximum Gasteiger partial charge on any atom is -0.00799 e. The van der Waals surface area contributed by atoms with Gasteiger partial charge in [-0.3, -0.25) is 0 Å². The third-order valence-corrected chi connectivity index (χ3v) is 1.15. The van der Waals surface area contributed by atoms with E-state index in [9.17, 15) is 0 Å². The van der Waals surface area contributed by atoms with Crippen LogP contribution in [0, 0.1) is 11.8 Å². The smallest absolute Gasteiger partial charge is 0.00799 e. The normalized spacial score (nSPS) is 9.00. The van der Waals surface area contributed by atoms with E-state index in [0.29, 0.717) is 0 Å². The second-order valence-corrected chi connectivity index (χ2v) is 4.70. The minimum atomic E-state index is 0.819. The first-order valence-corrected chi connectivity index (χ1v) is 6.12. The third-order valence-electron chi connectivity index (χ3n) is 1.15. The zero-order valence-electron chi connectivity index (χ0n) is 11.6. The van der Waals surface area contributed by atoms with E-state index in [4.69, 9.17) is 5.73 Å². The summed E-state index contributed by atoms with van der Waals surface area (Å²) in [6.45, 7) is 16.1. The summed E-state index contributed by atoms with van der Waals surface area (Å²) in [5.74, 6) is 1.73. The summed E-state index contributed by atoms with van der Waals surface area (Å²) >= 11 is 0. The van der Waals surface area contributed by atoms with E-state index in [1.54, 1.807) is 0 Å². The molecule has 0 aliphatic rings. The Morgan fingerprint density at radius 3 is 1.14 bits per heavy atom. The lowest BCUT2D eigenvalue weighted by Crippen LogP contribution is -1.93. The predicted molar refractivity (Wildman–Crippen MR) is 69.6 cm³/mol. The zero-order chi connectivity index (χ0) is 12.0. The highest BCUT2D eigenvalue weighted by Crippen LogP contribution is 2.00. The van der Waals surface area contributed by atoms with Gasteiger partial charge in [-0.15, -0.1) is 0 Å². The summed E-state index contributed by atoms with van der Waals surface area (Å²) in [5, 5.41) is 0. The van der Waals surface area contributed by atoms with Crippen LogP contribution in [-0.4, -0.2) is 6.54 Å². The maximum atomic E-state index is 5.03. The summed E-state index contributed by atoms with van der Waals surface area (Å²) in [5.41, 5.74) is 5.03. The lowest BCUT2D eigenvalue weighted by molar-refractivity contribution is 0.576. The molecule has 14 heavy (non-hydrogen) atoms. The molecule has 0 fully saturated rings. The number of hydrogen-bond acceptors (Lipinski definition) is 1. The molecule has 0 saturated heterocycles. The highest BCUT2D eigenvalue weighted by atomic mass is 14.5. The molecule has 90 valence electrons.